The Morgan fingerprint density at radius 3 is 2.92 bits per heavy atom. The molecule has 4 nitrogen and oxygen atoms in total. The number of rotatable bonds is 3. The van der Waals surface area contributed by atoms with Gasteiger partial charge in [0.25, 0.3) is 0 Å². The molecule has 0 saturated heterocycles. The molecule has 1 heterocycles. The molecule has 0 bridgehead atoms. The van der Waals surface area contributed by atoms with Crippen molar-refractivity contribution in [2.45, 2.75) is 13.3 Å². The summed E-state index contributed by atoms with van der Waals surface area (Å²) in [7, 11) is 0. The van der Waals surface area contributed by atoms with Crippen molar-refractivity contribution >= 4 is 0 Å². The average molecular weight is 166 g/mol. The third-order valence-electron chi connectivity index (χ3n) is 1.51. The van der Waals surface area contributed by atoms with Gasteiger partial charge in [0.2, 0.25) is 6.54 Å². The van der Waals surface area contributed by atoms with Crippen molar-refractivity contribution in [1.29, 1.82) is 0 Å². The molecule has 0 unspecified atom stereocenters. The van der Waals surface area contributed by atoms with Gasteiger partial charge in [0.15, 0.2) is 0 Å². The highest BCUT2D eigenvalue weighted by molar-refractivity contribution is 5.16. The van der Waals surface area contributed by atoms with Crippen LogP contribution in [0.15, 0.2) is 18.5 Å². The summed E-state index contributed by atoms with van der Waals surface area (Å²) in [5.41, 5.74) is 1.96. The molecule has 1 aromatic rings. The van der Waals surface area contributed by atoms with E-state index in [1.54, 1.807) is 12.4 Å². The van der Waals surface area contributed by atoms with Crippen LogP contribution in [0.2, 0.25) is 0 Å². The van der Waals surface area contributed by atoms with Gasteiger partial charge in [0.05, 0.1) is 0 Å². The highest BCUT2D eigenvalue weighted by Crippen LogP contribution is 2.01. The zero-order chi connectivity index (χ0) is 8.97. The molecule has 1 aromatic heterocycles. The van der Waals surface area contributed by atoms with E-state index in [9.17, 15) is 10.1 Å². The van der Waals surface area contributed by atoms with E-state index in [0.29, 0.717) is 6.42 Å². The highest BCUT2D eigenvalue weighted by Gasteiger charge is 1.99. The van der Waals surface area contributed by atoms with Crippen molar-refractivity contribution in [3.63, 3.8) is 0 Å². The summed E-state index contributed by atoms with van der Waals surface area (Å²) in [5, 5.41) is 10.0. The summed E-state index contributed by atoms with van der Waals surface area (Å²) in [6.07, 6.45) is 3.85. The van der Waals surface area contributed by atoms with Crippen LogP contribution in [0.5, 0.6) is 0 Å². The minimum atomic E-state index is -0.317. The molecule has 0 amide bonds. The summed E-state index contributed by atoms with van der Waals surface area (Å²) in [5.74, 6) is 0. The van der Waals surface area contributed by atoms with Crippen molar-refractivity contribution in [3.8, 4) is 0 Å². The number of hydrogen-bond acceptors (Lipinski definition) is 3. The molecular formula is C8H10N2O2. The Morgan fingerprint density at radius 2 is 2.33 bits per heavy atom. The van der Waals surface area contributed by atoms with Crippen LogP contribution >= 0.6 is 0 Å². The van der Waals surface area contributed by atoms with Gasteiger partial charge in [-0.15, -0.1) is 0 Å². The SMILES string of the molecule is Cc1cncc(CC[N+](=O)[O-])c1. The first-order valence-corrected chi connectivity index (χ1v) is 3.71. The Balaban J connectivity index is 2.57. The molecule has 0 atom stereocenters. The topological polar surface area (TPSA) is 56.0 Å². The largest absolute Gasteiger partial charge is 0.265 e. The first kappa shape index (κ1) is 8.64. The molecule has 0 aliphatic heterocycles. The molecule has 12 heavy (non-hydrogen) atoms. The molecule has 0 spiro atoms. The molecule has 1 rings (SSSR count). The van der Waals surface area contributed by atoms with Crippen molar-refractivity contribution in [2.75, 3.05) is 6.54 Å². The standard InChI is InChI=1S/C8H10N2O2/c1-7-4-8(6-9-5-7)2-3-10(11)12/h4-6H,2-3H2,1H3. The van der Waals surface area contributed by atoms with E-state index in [2.05, 4.69) is 4.98 Å². The van der Waals surface area contributed by atoms with E-state index < -0.39 is 0 Å². The second-order valence-corrected chi connectivity index (χ2v) is 2.68. The molecule has 0 aromatic carbocycles. The van der Waals surface area contributed by atoms with Crippen LogP contribution < -0.4 is 0 Å². The fourth-order valence-corrected chi connectivity index (χ4v) is 0.975. The fraction of sp³-hybridized carbons (Fsp3) is 0.375. The van der Waals surface area contributed by atoms with Gasteiger partial charge in [0.1, 0.15) is 0 Å². The molecule has 0 aliphatic rings. The Labute approximate surface area is 70.4 Å². The molecule has 4 heteroatoms. The minimum Gasteiger partial charge on any atom is -0.265 e. The molecule has 0 aliphatic carbocycles. The molecule has 0 saturated carbocycles. The molecule has 64 valence electrons. The van der Waals surface area contributed by atoms with Crippen LogP contribution in [0, 0.1) is 17.0 Å². The van der Waals surface area contributed by atoms with E-state index in [1.165, 1.54) is 0 Å². The number of pyridine rings is 1. The number of aryl methyl sites for hydroxylation is 1. The fourth-order valence-electron chi connectivity index (χ4n) is 0.975. The van der Waals surface area contributed by atoms with Gasteiger partial charge in [-0.25, -0.2) is 0 Å². The predicted octanol–water partition coefficient (Wildman–Crippen LogP) is 1.21. The maximum absolute atomic E-state index is 10.0. The van der Waals surface area contributed by atoms with Gasteiger partial charge in [-0.1, -0.05) is 6.07 Å². The second-order valence-electron chi connectivity index (χ2n) is 2.68. The van der Waals surface area contributed by atoms with Crippen LogP contribution in [0.3, 0.4) is 0 Å². The lowest BCUT2D eigenvalue weighted by Crippen LogP contribution is -2.04. The Hall–Kier alpha value is -1.45. The van der Waals surface area contributed by atoms with Gasteiger partial charge < -0.3 is 0 Å². The lowest BCUT2D eigenvalue weighted by atomic mass is 10.2. The second kappa shape index (κ2) is 3.80. The summed E-state index contributed by atoms with van der Waals surface area (Å²) < 4.78 is 0. The van der Waals surface area contributed by atoms with Gasteiger partial charge in [-0.3, -0.25) is 15.1 Å². The predicted molar refractivity (Wildman–Crippen MR) is 44.5 cm³/mol. The molecule has 0 N–H and O–H groups in total. The Bertz CT molecular complexity index is 286. The monoisotopic (exact) mass is 166 g/mol. The highest BCUT2D eigenvalue weighted by atomic mass is 16.6. The lowest BCUT2D eigenvalue weighted by Gasteiger charge is -1.97. The number of nitro groups is 1. The van der Waals surface area contributed by atoms with E-state index in [0.717, 1.165) is 11.1 Å². The zero-order valence-corrected chi connectivity index (χ0v) is 6.86. The van der Waals surface area contributed by atoms with Crippen molar-refractivity contribution < 1.29 is 4.92 Å². The maximum Gasteiger partial charge on any atom is 0.207 e. The number of nitrogens with zero attached hydrogens (tertiary/aromatic N) is 2. The minimum absolute atomic E-state index is 0.0227. The molecular weight excluding hydrogens is 156 g/mol. The smallest absolute Gasteiger partial charge is 0.207 e. The molecule has 0 fully saturated rings. The lowest BCUT2D eigenvalue weighted by molar-refractivity contribution is -0.479. The van der Waals surface area contributed by atoms with E-state index in [4.69, 9.17) is 0 Å². The zero-order valence-electron chi connectivity index (χ0n) is 6.86. The Kier molecular flexibility index (Phi) is 2.74. The summed E-state index contributed by atoms with van der Waals surface area (Å²) in [4.78, 5) is 13.7. The third kappa shape index (κ3) is 2.65. The van der Waals surface area contributed by atoms with E-state index >= 15 is 0 Å². The van der Waals surface area contributed by atoms with Gasteiger partial charge >= 0.3 is 0 Å². The summed E-state index contributed by atoms with van der Waals surface area (Å²) in [6.45, 7) is 1.90. The van der Waals surface area contributed by atoms with Crippen LogP contribution in [0.25, 0.3) is 0 Å². The number of hydrogen-bond donors (Lipinski definition) is 0. The van der Waals surface area contributed by atoms with Gasteiger partial charge in [0, 0.05) is 23.7 Å². The van der Waals surface area contributed by atoms with Crippen LogP contribution in [0.1, 0.15) is 11.1 Å². The average Bonchev–Trinajstić information content (AvgIpc) is 2.01. The Morgan fingerprint density at radius 1 is 1.58 bits per heavy atom. The van der Waals surface area contributed by atoms with Crippen LogP contribution in [-0.2, 0) is 6.42 Å². The van der Waals surface area contributed by atoms with Crippen molar-refractivity contribution in [3.05, 3.63) is 39.7 Å². The van der Waals surface area contributed by atoms with Crippen LogP contribution in [-0.4, -0.2) is 16.5 Å². The molecule has 0 radical (unpaired) electrons. The van der Waals surface area contributed by atoms with E-state index in [-0.39, 0.29) is 11.5 Å². The van der Waals surface area contributed by atoms with E-state index in [1.807, 2.05) is 13.0 Å². The third-order valence-corrected chi connectivity index (χ3v) is 1.51. The van der Waals surface area contributed by atoms with Crippen molar-refractivity contribution in [2.24, 2.45) is 0 Å². The first-order chi connectivity index (χ1) is 5.68. The first-order valence-electron chi connectivity index (χ1n) is 3.71. The van der Waals surface area contributed by atoms with Crippen molar-refractivity contribution in [1.82, 2.24) is 4.98 Å². The normalized spacial score (nSPS) is 9.75. The maximum atomic E-state index is 10.0. The quantitative estimate of drug-likeness (QED) is 0.501. The summed E-state index contributed by atoms with van der Waals surface area (Å²) in [6, 6.07) is 1.91. The van der Waals surface area contributed by atoms with Crippen LogP contribution in [0.4, 0.5) is 0 Å². The number of aromatic nitrogens is 1. The van der Waals surface area contributed by atoms with Gasteiger partial charge in [-0.05, 0) is 18.1 Å². The van der Waals surface area contributed by atoms with Gasteiger partial charge in [-0.2, -0.15) is 0 Å². The summed E-state index contributed by atoms with van der Waals surface area (Å²) >= 11 is 0.